The quantitative estimate of drug-likeness (QED) is 0.343. The zero-order valence-electron chi connectivity index (χ0n) is 20.8. The lowest BCUT2D eigenvalue weighted by molar-refractivity contribution is 0.0993. The summed E-state index contributed by atoms with van der Waals surface area (Å²) in [7, 11) is 0. The fourth-order valence-corrected chi connectivity index (χ4v) is 5.27. The smallest absolute Gasteiger partial charge is 0.167 e. The predicted octanol–water partition coefficient (Wildman–Crippen LogP) is 7.22. The van der Waals surface area contributed by atoms with Crippen LogP contribution >= 0.6 is 0 Å². The number of allylic oxidation sites excluding steroid dienone is 5. The molecule has 1 unspecified atom stereocenters. The lowest BCUT2D eigenvalue weighted by Gasteiger charge is -2.26. The number of aliphatic imine (C=N–C) groups is 1. The first kappa shape index (κ1) is 23.3. The maximum absolute atomic E-state index is 13.1. The van der Waals surface area contributed by atoms with Crippen molar-refractivity contribution in [2.45, 2.75) is 52.4 Å². The van der Waals surface area contributed by atoms with E-state index in [1.165, 1.54) is 31.2 Å². The van der Waals surface area contributed by atoms with Crippen LogP contribution in [0.4, 0.5) is 0 Å². The highest BCUT2D eigenvalue weighted by Gasteiger charge is 2.21. The number of nitrogens with zero attached hydrogens (tertiary/aromatic N) is 1. The van der Waals surface area contributed by atoms with Gasteiger partial charge in [-0.25, -0.2) is 0 Å². The summed E-state index contributed by atoms with van der Waals surface area (Å²) >= 11 is 0. The number of Topliss-reactive ketones (excluding diaryl/α,β-unsaturated/α-hetero) is 1. The van der Waals surface area contributed by atoms with Crippen LogP contribution in [0.15, 0.2) is 83.5 Å². The average molecular weight is 460 g/mol. The van der Waals surface area contributed by atoms with Crippen molar-refractivity contribution in [3.63, 3.8) is 0 Å². The van der Waals surface area contributed by atoms with E-state index in [4.69, 9.17) is 0 Å². The van der Waals surface area contributed by atoms with Crippen LogP contribution in [0.3, 0.4) is 0 Å². The topological polar surface area (TPSA) is 29.4 Å². The molecule has 35 heavy (non-hydrogen) atoms. The molecule has 1 heterocycles. The Balaban J connectivity index is 1.22. The van der Waals surface area contributed by atoms with E-state index in [0.29, 0.717) is 6.42 Å². The second-order valence-electron chi connectivity index (χ2n) is 10.4. The van der Waals surface area contributed by atoms with Crippen molar-refractivity contribution in [2.24, 2.45) is 22.7 Å². The molecule has 2 aliphatic carbocycles. The van der Waals surface area contributed by atoms with Crippen molar-refractivity contribution in [1.29, 1.82) is 0 Å². The molecule has 2 heteroatoms. The van der Waals surface area contributed by atoms with E-state index in [1.54, 1.807) is 0 Å². The molecule has 1 aliphatic heterocycles. The van der Waals surface area contributed by atoms with Crippen molar-refractivity contribution < 1.29 is 4.79 Å². The number of rotatable bonds is 5. The Kier molecular flexibility index (Phi) is 6.96. The molecule has 0 N–H and O–H groups in total. The zero-order chi connectivity index (χ0) is 24.2. The summed E-state index contributed by atoms with van der Waals surface area (Å²) in [5.41, 5.74) is 7.20. The minimum absolute atomic E-state index is 0.133. The van der Waals surface area contributed by atoms with Crippen LogP contribution in [0.25, 0.3) is 0 Å². The summed E-state index contributed by atoms with van der Waals surface area (Å²) in [6.45, 7) is 4.41. The second kappa shape index (κ2) is 10.4. The van der Waals surface area contributed by atoms with E-state index in [-0.39, 0.29) is 11.7 Å². The first-order valence-corrected chi connectivity index (χ1v) is 12.9. The van der Waals surface area contributed by atoms with Crippen LogP contribution < -0.4 is 0 Å². The van der Waals surface area contributed by atoms with Gasteiger partial charge in [0.2, 0.25) is 0 Å². The third kappa shape index (κ3) is 5.63. The molecule has 0 radical (unpaired) electrons. The fraction of sp³-hybridized carbons (Fsp3) is 0.333. The molecular formula is C33H33NO. The molecule has 2 nitrogen and oxygen atoms in total. The number of carbonyl (C=O) groups excluding carboxylic acids is 1. The Hall–Kier alpha value is -3.44. The molecular weight excluding hydrogens is 426 g/mol. The molecule has 1 fully saturated rings. The van der Waals surface area contributed by atoms with Gasteiger partial charge in [-0.15, -0.1) is 0 Å². The first-order chi connectivity index (χ1) is 17.0. The molecule has 0 spiro atoms. The molecule has 3 aliphatic rings. The van der Waals surface area contributed by atoms with Gasteiger partial charge < -0.3 is 0 Å². The van der Waals surface area contributed by atoms with Gasteiger partial charge in [0.1, 0.15) is 0 Å². The molecule has 0 bridgehead atoms. The van der Waals surface area contributed by atoms with Gasteiger partial charge in [0.15, 0.2) is 5.78 Å². The second-order valence-corrected chi connectivity index (χ2v) is 10.4. The summed E-state index contributed by atoms with van der Waals surface area (Å²) in [6.07, 6.45) is 17.1. The van der Waals surface area contributed by atoms with E-state index in [2.05, 4.69) is 54.1 Å². The standard InChI is InChI=1S/C33H33NO/c1-23-7-10-25(11-8-23)19-26-12-14-27(15-13-26)20-33(35)29-16-9-24(2)28(21-29)17-18-30-22-34-32-6-4-3-5-31(30)32/h3-6,9,12-16,21-23,25,31H,7-8,10-11,19-20H2,1-2H3. The molecule has 0 amide bonds. The molecule has 2 aromatic carbocycles. The van der Waals surface area contributed by atoms with Gasteiger partial charge in [-0.05, 0) is 66.9 Å². The minimum atomic E-state index is 0.133. The maximum Gasteiger partial charge on any atom is 0.167 e. The highest BCUT2D eigenvalue weighted by molar-refractivity contribution is 6.04. The third-order valence-corrected chi connectivity index (χ3v) is 7.64. The van der Waals surface area contributed by atoms with Crippen molar-refractivity contribution in [3.05, 3.63) is 106 Å². The monoisotopic (exact) mass is 459 g/mol. The predicted molar refractivity (Wildman–Crippen MR) is 145 cm³/mol. The normalized spacial score (nSPS) is 22.6. The summed E-state index contributed by atoms with van der Waals surface area (Å²) in [5.74, 6) is 8.58. The van der Waals surface area contributed by atoms with Crippen molar-refractivity contribution in [1.82, 2.24) is 0 Å². The van der Waals surface area contributed by atoms with E-state index in [1.807, 2.05) is 49.6 Å². The van der Waals surface area contributed by atoms with Gasteiger partial charge in [0.05, 0.1) is 11.6 Å². The number of ketones is 1. The Morgan fingerprint density at radius 1 is 0.971 bits per heavy atom. The van der Waals surface area contributed by atoms with Gasteiger partial charge >= 0.3 is 0 Å². The van der Waals surface area contributed by atoms with Crippen LogP contribution in [0.5, 0.6) is 0 Å². The van der Waals surface area contributed by atoms with Crippen molar-refractivity contribution in [3.8, 4) is 11.8 Å². The number of aryl methyl sites for hydroxylation is 1. The van der Waals surface area contributed by atoms with Crippen molar-refractivity contribution >= 4 is 11.5 Å². The third-order valence-electron chi connectivity index (χ3n) is 7.64. The summed E-state index contributed by atoms with van der Waals surface area (Å²) in [6, 6.07) is 14.6. The van der Waals surface area contributed by atoms with Gasteiger partial charge in [0, 0.05) is 29.3 Å². The Labute approximate surface area is 209 Å². The molecule has 1 atom stereocenters. The van der Waals surface area contributed by atoms with Crippen LogP contribution in [0.2, 0.25) is 0 Å². The number of hydrogen-bond acceptors (Lipinski definition) is 2. The fourth-order valence-electron chi connectivity index (χ4n) is 5.27. The number of carbonyl (C=O) groups is 1. The summed E-state index contributed by atoms with van der Waals surface area (Å²) < 4.78 is 0. The molecule has 0 aromatic heterocycles. The summed E-state index contributed by atoms with van der Waals surface area (Å²) in [4.78, 5) is 17.5. The minimum Gasteiger partial charge on any atom is -0.294 e. The van der Waals surface area contributed by atoms with Crippen LogP contribution in [-0.4, -0.2) is 11.5 Å². The molecule has 176 valence electrons. The largest absolute Gasteiger partial charge is 0.294 e. The van der Waals surface area contributed by atoms with E-state index >= 15 is 0 Å². The van der Waals surface area contributed by atoms with Crippen LogP contribution in [-0.2, 0) is 12.8 Å². The molecule has 2 aromatic rings. The molecule has 1 saturated carbocycles. The maximum atomic E-state index is 13.1. The summed E-state index contributed by atoms with van der Waals surface area (Å²) in [5, 5.41) is 0. The van der Waals surface area contributed by atoms with Gasteiger partial charge in [-0.2, -0.15) is 0 Å². The van der Waals surface area contributed by atoms with Crippen LogP contribution in [0.1, 0.15) is 65.2 Å². The Morgan fingerprint density at radius 3 is 2.54 bits per heavy atom. The zero-order valence-corrected chi connectivity index (χ0v) is 20.8. The van der Waals surface area contributed by atoms with E-state index in [0.717, 1.165) is 51.8 Å². The lowest BCUT2D eigenvalue weighted by atomic mass is 9.80. The molecule has 5 rings (SSSR count). The number of hydrogen-bond donors (Lipinski definition) is 0. The average Bonchev–Trinajstić information content (AvgIpc) is 3.29. The number of fused-ring (bicyclic) bond motifs is 1. The number of benzene rings is 2. The van der Waals surface area contributed by atoms with Crippen molar-refractivity contribution in [2.75, 3.05) is 0 Å². The SMILES string of the molecule is Cc1ccc(C(=O)Cc2ccc(CC3CCC(C)CC3)cc2)cc1C#CC1=CN=C2C=CC=CC12. The first-order valence-electron chi connectivity index (χ1n) is 12.9. The van der Waals surface area contributed by atoms with Gasteiger partial charge in [-0.3, -0.25) is 9.79 Å². The molecule has 0 saturated heterocycles. The highest BCUT2D eigenvalue weighted by atomic mass is 16.1. The highest BCUT2D eigenvalue weighted by Crippen LogP contribution is 2.30. The van der Waals surface area contributed by atoms with Crippen LogP contribution in [0, 0.1) is 36.5 Å². The Bertz CT molecular complexity index is 1280. The van der Waals surface area contributed by atoms with E-state index < -0.39 is 0 Å². The van der Waals surface area contributed by atoms with E-state index in [9.17, 15) is 4.79 Å². The lowest BCUT2D eigenvalue weighted by Crippen LogP contribution is -2.14. The van der Waals surface area contributed by atoms with Gasteiger partial charge in [0.25, 0.3) is 0 Å². The van der Waals surface area contributed by atoms with Gasteiger partial charge in [-0.1, -0.05) is 86.2 Å². The Morgan fingerprint density at radius 2 is 1.74 bits per heavy atom.